The average molecular weight is 522 g/mol. The lowest BCUT2D eigenvalue weighted by Gasteiger charge is -2.44. The van der Waals surface area contributed by atoms with Crippen molar-refractivity contribution in [1.82, 2.24) is 15.2 Å². The quantitative estimate of drug-likeness (QED) is 0.491. The zero-order chi connectivity index (χ0) is 23.8. The lowest BCUT2D eigenvalue weighted by Crippen LogP contribution is -2.51. The van der Waals surface area contributed by atoms with Gasteiger partial charge >= 0.3 is 0 Å². The van der Waals surface area contributed by atoms with E-state index in [-0.39, 0.29) is 18.0 Å². The first-order valence-corrected chi connectivity index (χ1v) is 13.1. The number of fused-ring (bicyclic) bond motifs is 2. The summed E-state index contributed by atoms with van der Waals surface area (Å²) in [6, 6.07) is 11.3. The minimum absolute atomic E-state index is 0. The zero-order valence-electron chi connectivity index (χ0n) is 19.6. The predicted octanol–water partition coefficient (Wildman–Crippen LogP) is 3.23. The molecule has 10 nitrogen and oxygen atoms in total. The third-order valence-electron chi connectivity index (χ3n) is 6.41. The number of oxime groups is 1. The van der Waals surface area contributed by atoms with E-state index in [9.17, 15) is 8.42 Å². The van der Waals surface area contributed by atoms with E-state index in [1.54, 1.807) is 18.2 Å². The molecule has 0 amide bonds. The molecule has 0 bridgehead atoms. The maximum absolute atomic E-state index is 11.6. The minimum Gasteiger partial charge on any atom is -0.486 e. The highest BCUT2D eigenvalue weighted by Gasteiger charge is 2.42. The summed E-state index contributed by atoms with van der Waals surface area (Å²) in [6.45, 7) is 2.77. The number of halogens is 1. The molecule has 0 unspecified atom stereocenters. The summed E-state index contributed by atoms with van der Waals surface area (Å²) in [4.78, 5) is 7.56. The highest BCUT2D eigenvalue weighted by atomic mass is 35.5. The number of ether oxygens (including phenoxy) is 1. The summed E-state index contributed by atoms with van der Waals surface area (Å²) in [5, 5.41) is 12.0. The van der Waals surface area contributed by atoms with E-state index in [0.717, 1.165) is 67.5 Å². The molecular formula is C23H28ClN5O5S. The Kier molecular flexibility index (Phi) is 7.20. The standard InChI is InChI=1S/C23H27N5O5S.ClH/c1-31-24-21-15-23(32-22-6-4-17(14-18(21)22)27-34(2,29)30)8-11-28(12-9-23)10-7-16-3-5-19-20(13-16)26-33-25-19;/h3-6,13-14,27H,7-12,15H2,1-2H3;1H. The summed E-state index contributed by atoms with van der Waals surface area (Å²) in [7, 11) is -1.86. The Bertz CT molecular complexity index is 1340. The van der Waals surface area contributed by atoms with Gasteiger partial charge in [-0.05, 0) is 52.6 Å². The number of rotatable bonds is 6. The molecule has 2 aliphatic heterocycles. The number of piperidine rings is 1. The van der Waals surface area contributed by atoms with Gasteiger partial charge in [0.05, 0.1) is 12.0 Å². The van der Waals surface area contributed by atoms with E-state index in [2.05, 4.69) is 31.2 Å². The first-order chi connectivity index (χ1) is 16.3. The number of benzene rings is 2. The number of nitrogens with zero attached hydrogens (tertiary/aromatic N) is 4. The summed E-state index contributed by atoms with van der Waals surface area (Å²) in [6.07, 6.45) is 4.39. The summed E-state index contributed by atoms with van der Waals surface area (Å²) >= 11 is 0. The highest BCUT2D eigenvalue weighted by Crippen LogP contribution is 2.40. The van der Waals surface area contributed by atoms with Crippen molar-refractivity contribution in [2.45, 2.75) is 31.3 Å². The Balaban J connectivity index is 0.00000289. The van der Waals surface area contributed by atoms with Crippen LogP contribution in [0.3, 0.4) is 0 Å². The number of sulfonamides is 1. The van der Waals surface area contributed by atoms with E-state index >= 15 is 0 Å². The molecule has 1 spiro atoms. The number of nitrogens with one attached hydrogen (secondary N) is 1. The highest BCUT2D eigenvalue weighted by molar-refractivity contribution is 7.92. The van der Waals surface area contributed by atoms with Gasteiger partial charge in [-0.25, -0.2) is 13.0 Å². The van der Waals surface area contributed by atoms with Crippen LogP contribution in [-0.2, 0) is 21.3 Å². The van der Waals surface area contributed by atoms with Gasteiger partial charge in [0.1, 0.15) is 29.5 Å². The van der Waals surface area contributed by atoms with Crippen LogP contribution >= 0.6 is 12.4 Å². The smallest absolute Gasteiger partial charge is 0.229 e. The van der Waals surface area contributed by atoms with Gasteiger partial charge in [0.25, 0.3) is 0 Å². The maximum Gasteiger partial charge on any atom is 0.229 e. The number of hydrogen-bond donors (Lipinski definition) is 1. The van der Waals surface area contributed by atoms with Gasteiger partial charge < -0.3 is 14.5 Å². The second-order valence-corrected chi connectivity index (χ2v) is 10.7. The van der Waals surface area contributed by atoms with Gasteiger partial charge in [0.2, 0.25) is 10.0 Å². The van der Waals surface area contributed by atoms with Crippen LogP contribution < -0.4 is 9.46 Å². The molecule has 3 aromatic rings. The van der Waals surface area contributed by atoms with Crippen molar-refractivity contribution < 1.29 is 22.6 Å². The van der Waals surface area contributed by atoms with Crippen LogP contribution in [0.4, 0.5) is 5.69 Å². The fraction of sp³-hybridized carbons (Fsp3) is 0.435. The normalized spacial score (nSPS) is 18.6. The van der Waals surface area contributed by atoms with E-state index in [0.29, 0.717) is 17.9 Å². The third kappa shape index (κ3) is 5.68. The van der Waals surface area contributed by atoms with Gasteiger partial charge in [-0.15, -0.1) is 12.4 Å². The Hall–Kier alpha value is -2.89. The van der Waals surface area contributed by atoms with Crippen molar-refractivity contribution in [2.75, 3.05) is 37.7 Å². The molecule has 2 aliphatic rings. The average Bonchev–Trinajstić information content (AvgIpc) is 3.26. The Morgan fingerprint density at radius 2 is 1.91 bits per heavy atom. The predicted molar refractivity (Wildman–Crippen MR) is 135 cm³/mol. The maximum atomic E-state index is 11.6. The molecule has 3 heterocycles. The summed E-state index contributed by atoms with van der Waals surface area (Å²) < 4.78 is 37.1. The fourth-order valence-corrected chi connectivity index (χ4v) is 5.27. The van der Waals surface area contributed by atoms with Crippen molar-refractivity contribution >= 4 is 44.9 Å². The lowest BCUT2D eigenvalue weighted by atomic mass is 9.82. The summed E-state index contributed by atoms with van der Waals surface area (Å²) in [5.41, 5.74) is 4.40. The molecule has 12 heteroatoms. The van der Waals surface area contributed by atoms with Gasteiger partial charge in [0, 0.05) is 50.1 Å². The van der Waals surface area contributed by atoms with Gasteiger partial charge in [-0.3, -0.25) is 4.72 Å². The minimum atomic E-state index is -3.38. The van der Waals surface area contributed by atoms with Gasteiger partial charge in [-0.2, -0.15) is 0 Å². The van der Waals surface area contributed by atoms with Crippen LogP contribution in [0.25, 0.3) is 11.0 Å². The molecule has 0 radical (unpaired) electrons. The molecule has 1 aromatic heterocycles. The number of aromatic nitrogens is 2. The molecule has 188 valence electrons. The molecule has 1 N–H and O–H groups in total. The number of hydrogen-bond acceptors (Lipinski definition) is 9. The van der Waals surface area contributed by atoms with Crippen LogP contribution in [0.2, 0.25) is 0 Å². The Labute approximate surface area is 210 Å². The monoisotopic (exact) mass is 521 g/mol. The second kappa shape index (κ2) is 10.00. The van der Waals surface area contributed by atoms with Gasteiger partial charge in [0.15, 0.2) is 0 Å². The second-order valence-electron chi connectivity index (χ2n) is 8.95. The van der Waals surface area contributed by atoms with Crippen LogP contribution in [0.15, 0.2) is 46.2 Å². The van der Waals surface area contributed by atoms with Crippen molar-refractivity contribution in [3.8, 4) is 5.75 Å². The number of anilines is 1. The lowest BCUT2D eigenvalue weighted by molar-refractivity contribution is 0.00266. The largest absolute Gasteiger partial charge is 0.486 e. The molecule has 1 fully saturated rings. The van der Waals surface area contributed by atoms with Gasteiger partial charge in [-0.1, -0.05) is 11.2 Å². The summed E-state index contributed by atoms with van der Waals surface area (Å²) in [5.74, 6) is 0.698. The van der Waals surface area contributed by atoms with Crippen LogP contribution in [0.1, 0.15) is 30.4 Å². The van der Waals surface area contributed by atoms with Crippen LogP contribution in [0.5, 0.6) is 5.75 Å². The topological polar surface area (TPSA) is 119 Å². The fourth-order valence-electron chi connectivity index (χ4n) is 4.72. The van der Waals surface area contributed by atoms with Crippen molar-refractivity contribution in [3.05, 3.63) is 47.5 Å². The molecule has 2 aromatic carbocycles. The third-order valence-corrected chi connectivity index (χ3v) is 7.02. The van der Waals surface area contributed by atoms with E-state index in [4.69, 9.17) is 14.2 Å². The number of likely N-dealkylation sites (tertiary alicyclic amines) is 1. The zero-order valence-corrected chi connectivity index (χ0v) is 21.2. The molecular weight excluding hydrogens is 494 g/mol. The van der Waals surface area contributed by atoms with Crippen molar-refractivity contribution in [3.63, 3.8) is 0 Å². The molecule has 1 saturated heterocycles. The Morgan fingerprint density at radius 1 is 1.14 bits per heavy atom. The van der Waals surface area contributed by atoms with E-state index < -0.39 is 10.0 Å². The van der Waals surface area contributed by atoms with E-state index in [1.807, 2.05) is 12.1 Å². The van der Waals surface area contributed by atoms with Crippen LogP contribution in [-0.4, -0.2) is 67.9 Å². The van der Waals surface area contributed by atoms with E-state index in [1.165, 1.54) is 12.7 Å². The SMILES string of the molecule is CON=C1CC2(CCN(CCc3ccc4nonc4c3)CC2)Oc2ccc(NS(C)(=O)=O)cc21.Cl. The molecule has 0 aliphatic carbocycles. The first kappa shape index (κ1) is 25.2. The van der Waals surface area contributed by atoms with Crippen molar-refractivity contribution in [2.24, 2.45) is 5.16 Å². The van der Waals surface area contributed by atoms with Crippen LogP contribution in [0, 0.1) is 0 Å². The molecule has 0 saturated carbocycles. The molecule has 0 atom stereocenters. The van der Waals surface area contributed by atoms with Crippen molar-refractivity contribution in [1.29, 1.82) is 0 Å². The Morgan fingerprint density at radius 3 is 2.66 bits per heavy atom. The first-order valence-electron chi connectivity index (χ1n) is 11.2. The molecule has 5 rings (SSSR count). The molecule has 35 heavy (non-hydrogen) atoms.